The molecule has 1 atom stereocenters. The molecule has 0 radical (unpaired) electrons. The quantitative estimate of drug-likeness (QED) is 0.722. The Bertz CT molecular complexity index is 405. The van der Waals surface area contributed by atoms with Crippen LogP contribution in [0.4, 0.5) is 5.69 Å². The van der Waals surface area contributed by atoms with Gasteiger partial charge < -0.3 is 15.8 Å². The fourth-order valence-electron chi connectivity index (χ4n) is 1.58. The molecule has 1 amide bonds. The third kappa shape index (κ3) is 4.31. The Morgan fingerprint density at radius 3 is 2.94 bits per heavy atom. The van der Waals surface area contributed by atoms with E-state index in [1.807, 2.05) is 24.3 Å². The maximum atomic E-state index is 11.8. The SMILES string of the molecule is C=CCC(N)C(=O)Nc1ccccc1CCOC. The maximum Gasteiger partial charge on any atom is 0.241 e. The number of methoxy groups -OCH3 is 1. The summed E-state index contributed by atoms with van der Waals surface area (Å²) in [6, 6.07) is 7.09. The molecule has 1 unspecified atom stereocenters. The monoisotopic (exact) mass is 248 g/mol. The van der Waals surface area contributed by atoms with Gasteiger partial charge in [0.25, 0.3) is 0 Å². The van der Waals surface area contributed by atoms with Gasteiger partial charge >= 0.3 is 0 Å². The van der Waals surface area contributed by atoms with Crippen molar-refractivity contribution in [1.29, 1.82) is 0 Å². The highest BCUT2D eigenvalue weighted by atomic mass is 16.5. The van der Waals surface area contributed by atoms with E-state index < -0.39 is 6.04 Å². The van der Waals surface area contributed by atoms with Crippen LogP contribution < -0.4 is 11.1 Å². The first-order valence-electron chi connectivity index (χ1n) is 5.93. The lowest BCUT2D eigenvalue weighted by Crippen LogP contribution is -2.35. The van der Waals surface area contributed by atoms with Crippen LogP contribution >= 0.6 is 0 Å². The topological polar surface area (TPSA) is 64.4 Å². The molecule has 0 spiro atoms. The molecule has 1 aromatic carbocycles. The number of nitrogens with one attached hydrogen (secondary N) is 1. The normalized spacial score (nSPS) is 11.9. The van der Waals surface area contributed by atoms with Crippen molar-refractivity contribution in [2.24, 2.45) is 5.73 Å². The number of hydrogen-bond acceptors (Lipinski definition) is 3. The molecule has 4 nitrogen and oxygen atoms in total. The molecule has 4 heteroatoms. The number of anilines is 1. The Morgan fingerprint density at radius 2 is 2.28 bits per heavy atom. The van der Waals surface area contributed by atoms with E-state index in [9.17, 15) is 4.79 Å². The molecule has 3 N–H and O–H groups in total. The summed E-state index contributed by atoms with van der Waals surface area (Å²) in [5.41, 5.74) is 7.55. The minimum Gasteiger partial charge on any atom is -0.384 e. The average Bonchev–Trinajstić information content (AvgIpc) is 2.38. The molecule has 0 aliphatic heterocycles. The van der Waals surface area contributed by atoms with Crippen molar-refractivity contribution >= 4 is 11.6 Å². The largest absolute Gasteiger partial charge is 0.384 e. The standard InChI is InChI=1S/C14H20N2O2/c1-3-6-12(15)14(17)16-13-8-5-4-7-11(13)9-10-18-2/h3-5,7-8,12H,1,6,9-10,15H2,2H3,(H,16,17). The summed E-state index contributed by atoms with van der Waals surface area (Å²) >= 11 is 0. The van der Waals surface area contributed by atoms with E-state index in [0.717, 1.165) is 17.7 Å². The molecule has 0 aromatic heterocycles. The second-order valence-corrected chi connectivity index (χ2v) is 4.02. The minimum absolute atomic E-state index is 0.195. The molecule has 1 aromatic rings. The van der Waals surface area contributed by atoms with E-state index in [4.69, 9.17) is 10.5 Å². The van der Waals surface area contributed by atoms with Gasteiger partial charge in [0.05, 0.1) is 12.6 Å². The van der Waals surface area contributed by atoms with Gasteiger partial charge in [-0.15, -0.1) is 6.58 Å². The van der Waals surface area contributed by atoms with Crippen molar-refractivity contribution in [2.75, 3.05) is 19.0 Å². The Labute approximate surface area is 108 Å². The van der Waals surface area contributed by atoms with Crippen molar-refractivity contribution in [3.8, 4) is 0 Å². The van der Waals surface area contributed by atoms with E-state index in [1.165, 1.54) is 0 Å². The van der Waals surface area contributed by atoms with Gasteiger partial charge in [0.2, 0.25) is 5.91 Å². The highest BCUT2D eigenvalue weighted by molar-refractivity contribution is 5.95. The van der Waals surface area contributed by atoms with E-state index >= 15 is 0 Å². The van der Waals surface area contributed by atoms with Crippen LogP contribution in [-0.4, -0.2) is 25.7 Å². The molecule has 98 valence electrons. The predicted molar refractivity (Wildman–Crippen MR) is 73.4 cm³/mol. The van der Waals surface area contributed by atoms with E-state index in [-0.39, 0.29) is 5.91 Å². The van der Waals surface area contributed by atoms with Crippen molar-refractivity contribution in [3.63, 3.8) is 0 Å². The van der Waals surface area contributed by atoms with Gasteiger partial charge in [0.1, 0.15) is 0 Å². The summed E-state index contributed by atoms with van der Waals surface area (Å²) in [5.74, 6) is -0.195. The van der Waals surface area contributed by atoms with Gasteiger partial charge in [-0.25, -0.2) is 0 Å². The van der Waals surface area contributed by atoms with Crippen LogP contribution in [-0.2, 0) is 16.0 Å². The maximum absolute atomic E-state index is 11.8. The molecule has 0 saturated carbocycles. The minimum atomic E-state index is -0.557. The Kier molecular flexibility index (Phi) is 6.11. The fraction of sp³-hybridized carbons (Fsp3) is 0.357. The van der Waals surface area contributed by atoms with Crippen molar-refractivity contribution in [1.82, 2.24) is 0 Å². The highest BCUT2D eigenvalue weighted by Gasteiger charge is 2.13. The zero-order valence-corrected chi connectivity index (χ0v) is 10.7. The number of nitrogens with two attached hydrogens (primary N) is 1. The lowest BCUT2D eigenvalue weighted by Gasteiger charge is -2.13. The molecule has 1 rings (SSSR count). The average molecular weight is 248 g/mol. The van der Waals surface area contributed by atoms with Gasteiger partial charge in [-0.1, -0.05) is 24.3 Å². The summed E-state index contributed by atoms with van der Waals surface area (Å²) in [7, 11) is 1.65. The number of rotatable bonds is 7. The molecule has 0 aliphatic rings. The van der Waals surface area contributed by atoms with Gasteiger partial charge in [0, 0.05) is 12.8 Å². The number of para-hydroxylation sites is 1. The smallest absolute Gasteiger partial charge is 0.241 e. The Morgan fingerprint density at radius 1 is 1.56 bits per heavy atom. The van der Waals surface area contributed by atoms with Crippen molar-refractivity contribution < 1.29 is 9.53 Å². The zero-order chi connectivity index (χ0) is 13.4. The van der Waals surface area contributed by atoms with Gasteiger partial charge in [0.15, 0.2) is 0 Å². The van der Waals surface area contributed by atoms with Crippen LogP contribution in [0.1, 0.15) is 12.0 Å². The Balaban J connectivity index is 2.70. The summed E-state index contributed by atoms with van der Waals surface area (Å²) in [4.78, 5) is 11.8. The second kappa shape index (κ2) is 7.63. The van der Waals surface area contributed by atoms with E-state index in [1.54, 1.807) is 13.2 Å². The van der Waals surface area contributed by atoms with Gasteiger partial charge in [-0.3, -0.25) is 4.79 Å². The number of carbonyl (C=O) groups is 1. The van der Waals surface area contributed by atoms with Crippen LogP contribution in [0.15, 0.2) is 36.9 Å². The van der Waals surface area contributed by atoms with Crippen LogP contribution in [0.5, 0.6) is 0 Å². The van der Waals surface area contributed by atoms with Crippen LogP contribution in [0.2, 0.25) is 0 Å². The van der Waals surface area contributed by atoms with Gasteiger partial charge in [-0.2, -0.15) is 0 Å². The summed E-state index contributed by atoms with van der Waals surface area (Å²) in [5, 5.41) is 2.84. The molecule has 0 saturated heterocycles. The first kappa shape index (κ1) is 14.4. The zero-order valence-electron chi connectivity index (χ0n) is 10.7. The van der Waals surface area contributed by atoms with Crippen LogP contribution in [0.3, 0.4) is 0 Å². The van der Waals surface area contributed by atoms with Gasteiger partial charge in [-0.05, 0) is 24.5 Å². The highest BCUT2D eigenvalue weighted by Crippen LogP contribution is 2.16. The third-order valence-corrected chi connectivity index (χ3v) is 2.61. The summed E-state index contributed by atoms with van der Waals surface area (Å²) in [6.45, 7) is 4.19. The number of ether oxygens (including phenoxy) is 1. The molecule has 0 bridgehead atoms. The molecular formula is C14H20N2O2. The summed E-state index contributed by atoms with van der Waals surface area (Å²) < 4.78 is 5.04. The van der Waals surface area contributed by atoms with Crippen LogP contribution in [0.25, 0.3) is 0 Å². The number of hydrogen-bond donors (Lipinski definition) is 2. The number of amides is 1. The molecular weight excluding hydrogens is 228 g/mol. The molecule has 0 aliphatic carbocycles. The second-order valence-electron chi connectivity index (χ2n) is 4.02. The first-order valence-corrected chi connectivity index (χ1v) is 5.93. The molecule has 0 heterocycles. The van der Waals surface area contributed by atoms with Crippen LogP contribution in [0, 0.1) is 0 Å². The number of carbonyl (C=O) groups excluding carboxylic acids is 1. The molecule has 0 fully saturated rings. The summed E-state index contributed by atoms with van der Waals surface area (Å²) in [6.07, 6.45) is 2.86. The third-order valence-electron chi connectivity index (χ3n) is 2.61. The predicted octanol–water partition coefficient (Wildman–Crippen LogP) is 1.72. The van der Waals surface area contributed by atoms with E-state index in [2.05, 4.69) is 11.9 Å². The first-order chi connectivity index (χ1) is 8.69. The number of benzene rings is 1. The van der Waals surface area contributed by atoms with E-state index in [0.29, 0.717) is 13.0 Å². The fourth-order valence-corrected chi connectivity index (χ4v) is 1.58. The van der Waals surface area contributed by atoms with Crippen molar-refractivity contribution in [2.45, 2.75) is 18.9 Å². The lowest BCUT2D eigenvalue weighted by atomic mass is 10.1. The Hall–Kier alpha value is -1.65. The lowest BCUT2D eigenvalue weighted by molar-refractivity contribution is -0.117. The van der Waals surface area contributed by atoms with Crippen molar-refractivity contribution in [3.05, 3.63) is 42.5 Å². The molecule has 18 heavy (non-hydrogen) atoms.